The number of hydrogen-bond donors (Lipinski definition) is 2. The van der Waals surface area contributed by atoms with Crippen molar-refractivity contribution in [2.45, 2.75) is 19.2 Å². The summed E-state index contributed by atoms with van der Waals surface area (Å²) in [7, 11) is 0. The first-order valence-corrected chi connectivity index (χ1v) is 10.5. The van der Waals surface area contributed by atoms with Gasteiger partial charge in [0.1, 0.15) is 5.75 Å². The van der Waals surface area contributed by atoms with Crippen LogP contribution in [0.5, 0.6) is 5.75 Å². The summed E-state index contributed by atoms with van der Waals surface area (Å²) >= 11 is 0. The molecule has 0 saturated carbocycles. The summed E-state index contributed by atoms with van der Waals surface area (Å²) in [6, 6.07) is 17.1. The zero-order chi connectivity index (χ0) is 25.2. The molecule has 1 heterocycles. The first kappa shape index (κ1) is 23.8. The molecule has 0 fully saturated rings. The highest BCUT2D eigenvalue weighted by Crippen LogP contribution is 2.33. The molecule has 35 heavy (non-hydrogen) atoms. The maximum Gasteiger partial charge on any atom is 0.416 e. The van der Waals surface area contributed by atoms with Crippen molar-refractivity contribution in [2.24, 2.45) is 0 Å². The lowest BCUT2D eigenvalue weighted by Crippen LogP contribution is -2.48. The van der Waals surface area contributed by atoms with E-state index in [0.29, 0.717) is 11.4 Å². The number of nitrogens with one attached hydrogen (secondary N) is 2. The molecule has 0 radical (unpaired) electrons. The molecule has 3 aromatic rings. The smallest absolute Gasteiger partial charge is 0.416 e. The van der Waals surface area contributed by atoms with Crippen LogP contribution in [0.25, 0.3) is 0 Å². The Morgan fingerprint density at radius 3 is 2.31 bits per heavy atom. The van der Waals surface area contributed by atoms with Crippen LogP contribution < -0.4 is 20.3 Å². The monoisotopic (exact) mass is 483 g/mol. The van der Waals surface area contributed by atoms with Crippen LogP contribution in [0, 0.1) is 0 Å². The molecule has 0 aliphatic carbocycles. The number of para-hydroxylation sites is 2. The number of hydrogen-bond acceptors (Lipinski definition) is 4. The normalized spacial score (nSPS) is 15.0. The number of alkyl halides is 3. The van der Waals surface area contributed by atoms with Gasteiger partial charge in [0.15, 0.2) is 6.10 Å². The van der Waals surface area contributed by atoms with Gasteiger partial charge in [0, 0.05) is 23.9 Å². The molecule has 7 nitrogen and oxygen atoms in total. The SMILES string of the molecule is CC(=O)N1CC(C(=O)Nc2cccc(C(=O)Nc3cccc(C(F)(F)F)c3)c2)Oc2ccccc21. The molecule has 2 N–H and O–H groups in total. The Kier molecular flexibility index (Phi) is 6.46. The number of carbonyl (C=O) groups excluding carboxylic acids is 3. The third-order valence-electron chi connectivity index (χ3n) is 5.29. The van der Waals surface area contributed by atoms with Crippen molar-refractivity contribution in [1.29, 1.82) is 0 Å². The van der Waals surface area contributed by atoms with E-state index in [-0.39, 0.29) is 29.4 Å². The minimum absolute atomic E-state index is 0.00784. The average Bonchev–Trinajstić information content (AvgIpc) is 2.83. The van der Waals surface area contributed by atoms with Gasteiger partial charge in [-0.05, 0) is 48.5 Å². The van der Waals surface area contributed by atoms with E-state index >= 15 is 0 Å². The number of nitrogens with zero attached hydrogens (tertiary/aromatic N) is 1. The van der Waals surface area contributed by atoms with Crippen molar-refractivity contribution in [1.82, 2.24) is 0 Å². The maximum absolute atomic E-state index is 12.9. The van der Waals surface area contributed by atoms with E-state index in [1.165, 1.54) is 42.2 Å². The first-order valence-electron chi connectivity index (χ1n) is 10.5. The number of fused-ring (bicyclic) bond motifs is 1. The lowest BCUT2D eigenvalue weighted by atomic mass is 10.1. The minimum atomic E-state index is -4.54. The molecule has 0 bridgehead atoms. The van der Waals surface area contributed by atoms with E-state index in [9.17, 15) is 27.6 Å². The van der Waals surface area contributed by atoms with Crippen LogP contribution in [0.1, 0.15) is 22.8 Å². The van der Waals surface area contributed by atoms with Crippen molar-refractivity contribution in [3.63, 3.8) is 0 Å². The van der Waals surface area contributed by atoms with E-state index < -0.39 is 29.7 Å². The molecule has 0 saturated heterocycles. The largest absolute Gasteiger partial charge is 0.476 e. The first-order chi connectivity index (χ1) is 16.6. The number of benzene rings is 3. The third-order valence-corrected chi connectivity index (χ3v) is 5.29. The summed E-state index contributed by atoms with van der Waals surface area (Å²) in [4.78, 5) is 39.0. The number of ether oxygens (including phenoxy) is 1. The lowest BCUT2D eigenvalue weighted by molar-refractivity contribution is -0.137. The van der Waals surface area contributed by atoms with E-state index in [2.05, 4.69) is 10.6 Å². The zero-order valence-corrected chi connectivity index (χ0v) is 18.4. The highest BCUT2D eigenvalue weighted by Gasteiger charge is 2.33. The number of amides is 3. The highest BCUT2D eigenvalue weighted by molar-refractivity contribution is 6.06. The van der Waals surface area contributed by atoms with Gasteiger partial charge in [-0.2, -0.15) is 13.2 Å². The van der Waals surface area contributed by atoms with Crippen molar-refractivity contribution in [3.05, 3.63) is 83.9 Å². The average molecular weight is 483 g/mol. The molecule has 3 amide bonds. The van der Waals surface area contributed by atoms with E-state index in [1.807, 2.05) is 0 Å². The topological polar surface area (TPSA) is 87.7 Å². The summed E-state index contributed by atoms with van der Waals surface area (Å²) in [6.45, 7) is 1.40. The van der Waals surface area contributed by atoms with Crippen LogP contribution in [-0.2, 0) is 15.8 Å². The van der Waals surface area contributed by atoms with Crippen LogP contribution >= 0.6 is 0 Å². The summed E-state index contributed by atoms with van der Waals surface area (Å²) in [5.74, 6) is -1.03. The van der Waals surface area contributed by atoms with Gasteiger partial charge in [-0.25, -0.2) is 0 Å². The molecular weight excluding hydrogens is 463 g/mol. The molecule has 1 atom stereocenters. The number of anilines is 3. The fraction of sp³-hybridized carbons (Fsp3) is 0.160. The number of carbonyl (C=O) groups is 3. The number of halogens is 3. The van der Waals surface area contributed by atoms with E-state index in [1.54, 1.807) is 30.3 Å². The summed E-state index contributed by atoms with van der Waals surface area (Å²) in [6.07, 6.45) is -5.53. The van der Waals surface area contributed by atoms with Gasteiger partial charge in [0.25, 0.3) is 11.8 Å². The van der Waals surface area contributed by atoms with Gasteiger partial charge < -0.3 is 20.3 Å². The van der Waals surface area contributed by atoms with Crippen LogP contribution in [0.3, 0.4) is 0 Å². The Labute approximate surface area is 198 Å². The maximum atomic E-state index is 12.9. The second-order valence-electron chi connectivity index (χ2n) is 7.81. The van der Waals surface area contributed by atoms with Crippen molar-refractivity contribution in [3.8, 4) is 5.75 Å². The molecule has 1 aliphatic heterocycles. The van der Waals surface area contributed by atoms with Crippen LogP contribution in [0.15, 0.2) is 72.8 Å². The molecule has 180 valence electrons. The second-order valence-corrected chi connectivity index (χ2v) is 7.81. The standard InChI is InChI=1S/C25H20F3N3O4/c1-15(32)31-14-22(35-21-11-3-2-10-20(21)31)24(34)30-18-8-4-6-16(12-18)23(33)29-19-9-5-7-17(13-19)25(26,27)28/h2-13,22H,14H2,1H3,(H,29,33)(H,30,34). The van der Waals surface area contributed by atoms with Gasteiger partial charge in [0.05, 0.1) is 17.8 Å². The van der Waals surface area contributed by atoms with Gasteiger partial charge in [0.2, 0.25) is 5.91 Å². The molecule has 3 aromatic carbocycles. The molecule has 1 unspecified atom stereocenters. The second kappa shape index (κ2) is 9.49. The van der Waals surface area contributed by atoms with Gasteiger partial charge >= 0.3 is 6.18 Å². The Morgan fingerprint density at radius 2 is 1.60 bits per heavy atom. The minimum Gasteiger partial charge on any atom is -0.476 e. The molecule has 0 aromatic heterocycles. The summed E-state index contributed by atoms with van der Waals surface area (Å²) < 4.78 is 44.5. The zero-order valence-electron chi connectivity index (χ0n) is 18.4. The number of rotatable bonds is 4. The van der Waals surface area contributed by atoms with Crippen LogP contribution in [0.4, 0.5) is 30.2 Å². The Bertz CT molecular complexity index is 1290. The molecule has 1 aliphatic rings. The molecule has 0 spiro atoms. The Morgan fingerprint density at radius 1 is 0.914 bits per heavy atom. The van der Waals surface area contributed by atoms with Gasteiger partial charge in [-0.15, -0.1) is 0 Å². The fourth-order valence-electron chi connectivity index (χ4n) is 3.61. The Balaban J connectivity index is 1.46. The highest BCUT2D eigenvalue weighted by atomic mass is 19.4. The molecular formula is C25H20F3N3O4. The van der Waals surface area contributed by atoms with Crippen molar-refractivity contribution >= 4 is 34.8 Å². The van der Waals surface area contributed by atoms with Gasteiger partial charge in [-0.3, -0.25) is 14.4 Å². The molecule has 4 rings (SSSR count). The Hall–Kier alpha value is -4.34. The van der Waals surface area contributed by atoms with Gasteiger partial charge in [-0.1, -0.05) is 24.3 Å². The fourth-order valence-corrected chi connectivity index (χ4v) is 3.61. The van der Waals surface area contributed by atoms with Crippen LogP contribution in [0.2, 0.25) is 0 Å². The lowest BCUT2D eigenvalue weighted by Gasteiger charge is -2.33. The van der Waals surface area contributed by atoms with Crippen molar-refractivity contribution in [2.75, 3.05) is 22.1 Å². The third kappa shape index (κ3) is 5.43. The molecule has 10 heteroatoms. The summed E-state index contributed by atoms with van der Waals surface area (Å²) in [5, 5.41) is 5.08. The van der Waals surface area contributed by atoms with E-state index in [0.717, 1.165) is 12.1 Å². The quantitative estimate of drug-likeness (QED) is 0.563. The van der Waals surface area contributed by atoms with E-state index in [4.69, 9.17) is 4.74 Å². The summed E-state index contributed by atoms with van der Waals surface area (Å²) in [5.41, 5.74) is 0.0733. The van der Waals surface area contributed by atoms with Crippen LogP contribution in [-0.4, -0.2) is 30.4 Å². The predicted octanol–water partition coefficient (Wildman–Crippen LogP) is 4.71. The predicted molar refractivity (Wildman–Crippen MR) is 123 cm³/mol. The van der Waals surface area contributed by atoms with Crippen molar-refractivity contribution < 1.29 is 32.3 Å².